The lowest BCUT2D eigenvalue weighted by molar-refractivity contribution is -0.139. The minimum Gasteiger partial charge on any atom is -0.463 e. The second-order valence-corrected chi connectivity index (χ2v) is 11.0. The predicted molar refractivity (Wildman–Crippen MR) is 143 cm³/mol. The van der Waals surface area contributed by atoms with E-state index in [0.29, 0.717) is 25.8 Å². The van der Waals surface area contributed by atoms with Crippen LogP contribution in [0.5, 0.6) is 0 Å². The molecule has 0 aromatic carbocycles. The lowest BCUT2D eigenvalue weighted by atomic mass is 9.96. The van der Waals surface area contributed by atoms with Crippen molar-refractivity contribution >= 4 is 29.6 Å². The van der Waals surface area contributed by atoms with Crippen molar-refractivity contribution in [1.82, 2.24) is 21.3 Å². The Kier molecular flexibility index (Phi) is 13.5. The Balaban J connectivity index is 3.11. The lowest BCUT2D eigenvalue weighted by Gasteiger charge is -2.32. The number of hydrogen-bond donors (Lipinski definition) is 4. The van der Waals surface area contributed by atoms with Crippen molar-refractivity contribution in [1.29, 1.82) is 0 Å². The van der Waals surface area contributed by atoms with Crippen LogP contribution >= 0.6 is 0 Å². The second-order valence-electron chi connectivity index (χ2n) is 11.0. The van der Waals surface area contributed by atoms with Crippen molar-refractivity contribution in [2.45, 2.75) is 104 Å². The van der Waals surface area contributed by atoms with E-state index in [0.717, 1.165) is 0 Å². The molecule has 38 heavy (non-hydrogen) atoms. The maximum atomic E-state index is 13.4. The standard InChI is InChI=1S/C27H46N4O7/c1-9-37-22(33)11-10-20(15-19-12-13-28-24(19)34)30-25(35)21(14-16(2)3)31-26(36)23(29-18(5)32)17(4)38-27(6,7)8/h10-11,16-17,19-21,23H,9,12-15H2,1-8H3,(H,28,34)(H,29,32)(H,30,35)(H,31,36)/t17?,19-,20+,21-,23-/m0/s1. The summed E-state index contributed by atoms with van der Waals surface area (Å²) < 4.78 is 10.8. The highest BCUT2D eigenvalue weighted by molar-refractivity contribution is 5.92. The number of nitrogens with one attached hydrogen (secondary N) is 4. The largest absolute Gasteiger partial charge is 0.463 e. The number of carbonyl (C=O) groups excluding carboxylic acids is 5. The summed E-state index contributed by atoms with van der Waals surface area (Å²) in [4.78, 5) is 62.5. The van der Waals surface area contributed by atoms with Gasteiger partial charge in [0.2, 0.25) is 23.6 Å². The summed E-state index contributed by atoms with van der Waals surface area (Å²) in [6.45, 7) is 14.8. The average molecular weight is 539 g/mol. The fourth-order valence-corrected chi connectivity index (χ4v) is 4.24. The monoisotopic (exact) mass is 538 g/mol. The van der Waals surface area contributed by atoms with Crippen molar-refractivity contribution < 1.29 is 33.4 Å². The van der Waals surface area contributed by atoms with Gasteiger partial charge in [-0.1, -0.05) is 19.9 Å². The smallest absolute Gasteiger partial charge is 0.330 e. The quantitative estimate of drug-likeness (QED) is 0.192. The summed E-state index contributed by atoms with van der Waals surface area (Å²) in [7, 11) is 0. The Morgan fingerprint density at radius 1 is 1.08 bits per heavy atom. The molecule has 5 atom stereocenters. The molecule has 1 aliphatic rings. The summed E-state index contributed by atoms with van der Waals surface area (Å²) >= 11 is 0. The Morgan fingerprint density at radius 2 is 1.74 bits per heavy atom. The Hall–Kier alpha value is -2.95. The highest BCUT2D eigenvalue weighted by atomic mass is 16.5. The molecular weight excluding hydrogens is 492 g/mol. The molecule has 0 saturated carbocycles. The molecule has 0 aromatic heterocycles. The summed E-state index contributed by atoms with van der Waals surface area (Å²) in [5.74, 6) is -2.33. The van der Waals surface area contributed by atoms with E-state index >= 15 is 0 Å². The van der Waals surface area contributed by atoms with Crippen LogP contribution in [-0.2, 0) is 33.4 Å². The highest BCUT2D eigenvalue weighted by Crippen LogP contribution is 2.18. The number of rotatable bonds is 14. The SMILES string of the molecule is CCOC(=O)C=C[C@H](C[C@@H]1CCNC1=O)NC(=O)[C@H](CC(C)C)NC(=O)[C@@H](NC(C)=O)C(C)OC(C)(C)C. The molecule has 1 rings (SSSR count). The molecule has 1 fully saturated rings. The summed E-state index contributed by atoms with van der Waals surface area (Å²) in [5.41, 5.74) is -0.559. The topological polar surface area (TPSA) is 152 Å². The van der Waals surface area contributed by atoms with Crippen LogP contribution in [0.25, 0.3) is 0 Å². The van der Waals surface area contributed by atoms with Crippen LogP contribution in [0, 0.1) is 11.8 Å². The third-order valence-electron chi connectivity index (χ3n) is 5.77. The van der Waals surface area contributed by atoms with Crippen molar-refractivity contribution in [3.63, 3.8) is 0 Å². The fourth-order valence-electron chi connectivity index (χ4n) is 4.24. The molecule has 216 valence electrons. The molecule has 11 nitrogen and oxygen atoms in total. The molecule has 1 aliphatic heterocycles. The van der Waals surface area contributed by atoms with Crippen molar-refractivity contribution in [3.8, 4) is 0 Å². The third kappa shape index (κ3) is 12.5. The van der Waals surface area contributed by atoms with E-state index in [1.807, 2.05) is 34.6 Å². The number of amides is 4. The molecule has 0 aliphatic carbocycles. The van der Waals surface area contributed by atoms with E-state index in [1.54, 1.807) is 13.8 Å². The van der Waals surface area contributed by atoms with Crippen molar-refractivity contribution in [2.24, 2.45) is 11.8 Å². The first-order valence-corrected chi connectivity index (χ1v) is 13.3. The molecule has 0 spiro atoms. The van der Waals surface area contributed by atoms with Crippen molar-refractivity contribution in [3.05, 3.63) is 12.2 Å². The Bertz CT molecular complexity index is 866. The number of esters is 1. The second kappa shape index (κ2) is 15.5. The first-order valence-electron chi connectivity index (χ1n) is 13.3. The van der Waals surface area contributed by atoms with Crippen LogP contribution in [0.1, 0.15) is 74.7 Å². The van der Waals surface area contributed by atoms with E-state index in [4.69, 9.17) is 9.47 Å². The van der Waals surface area contributed by atoms with E-state index in [-0.39, 0.29) is 24.3 Å². The van der Waals surface area contributed by atoms with Gasteiger partial charge in [0.25, 0.3) is 0 Å². The minimum atomic E-state index is -1.02. The van der Waals surface area contributed by atoms with E-state index in [9.17, 15) is 24.0 Å². The van der Waals surface area contributed by atoms with Crippen LogP contribution in [0.15, 0.2) is 12.2 Å². The van der Waals surface area contributed by atoms with Crippen molar-refractivity contribution in [2.75, 3.05) is 13.2 Å². The van der Waals surface area contributed by atoms with Gasteiger partial charge >= 0.3 is 5.97 Å². The molecule has 0 aromatic rings. The zero-order valence-electron chi connectivity index (χ0n) is 24.0. The zero-order chi connectivity index (χ0) is 29.0. The molecule has 4 N–H and O–H groups in total. The van der Waals surface area contributed by atoms with Gasteiger partial charge in [-0.3, -0.25) is 19.2 Å². The first-order chi connectivity index (χ1) is 17.6. The third-order valence-corrected chi connectivity index (χ3v) is 5.77. The van der Waals surface area contributed by atoms with Gasteiger partial charge in [0.05, 0.1) is 18.3 Å². The van der Waals surface area contributed by atoms with E-state index < -0.39 is 53.5 Å². The molecular formula is C27H46N4O7. The van der Waals surface area contributed by atoms with Gasteiger partial charge in [0.1, 0.15) is 12.1 Å². The van der Waals surface area contributed by atoms with Crippen LogP contribution in [0.4, 0.5) is 0 Å². The van der Waals surface area contributed by atoms with Crippen LogP contribution in [0.3, 0.4) is 0 Å². The van der Waals surface area contributed by atoms with Gasteiger partial charge in [0.15, 0.2) is 0 Å². The van der Waals surface area contributed by atoms with E-state index in [2.05, 4.69) is 21.3 Å². The lowest BCUT2D eigenvalue weighted by Crippen LogP contribution is -2.58. The van der Waals surface area contributed by atoms with Crippen LogP contribution in [0.2, 0.25) is 0 Å². The first kappa shape index (κ1) is 33.1. The molecule has 0 radical (unpaired) electrons. The maximum Gasteiger partial charge on any atom is 0.330 e. The van der Waals surface area contributed by atoms with Crippen LogP contribution in [-0.4, -0.2) is 72.6 Å². The maximum absolute atomic E-state index is 13.4. The van der Waals surface area contributed by atoms with Gasteiger partial charge in [-0.25, -0.2) is 4.79 Å². The highest BCUT2D eigenvalue weighted by Gasteiger charge is 2.34. The summed E-state index contributed by atoms with van der Waals surface area (Å²) in [6.07, 6.45) is 3.32. The minimum absolute atomic E-state index is 0.0580. The van der Waals surface area contributed by atoms with Gasteiger partial charge in [-0.15, -0.1) is 0 Å². The summed E-state index contributed by atoms with van der Waals surface area (Å²) in [6, 6.07) is -2.58. The van der Waals surface area contributed by atoms with E-state index in [1.165, 1.54) is 19.1 Å². The fraction of sp³-hybridized carbons (Fsp3) is 0.741. The molecule has 4 amide bonds. The Morgan fingerprint density at radius 3 is 2.24 bits per heavy atom. The molecule has 1 heterocycles. The molecule has 1 unspecified atom stereocenters. The number of hydrogen-bond acceptors (Lipinski definition) is 7. The van der Waals surface area contributed by atoms with Gasteiger partial charge in [0, 0.05) is 31.5 Å². The number of carbonyl (C=O) groups is 5. The Labute approximate surface area is 226 Å². The van der Waals surface area contributed by atoms with Gasteiger partial charge in [-0.2, -0.15) is 0 Å². The molecule has 1 saturated heterocycles. The summed E-state index contributed by atoms with van der Waals surface area (Å²) in [5, 5.41) is 11.0. The molecule has 0 bridgehead atoms. The zero-order valence-corrected chi connectivity index (χ0v) is 24.0. The van der Waals surface area contributed by atoms with Crippen LogP contribution < -0.4 is 21.3 Å². The van der Waals surface area contributed by atoms with Gasteiger partial charge in [-0.05, 0) is 59.8 Å². The average Bonchev–Trinajstić information content (AvgIpc) is 3.18. The predicted octanol–water partition coefficient (Wildman–Crippen LogP) is 1.36. The van der Waals surface area contributed by atoms with Gasteiger partial charge < -0.3 is 30.7 Å². The number of ether oxygens (including phenoxy) is 2. The molecule has 11 heteroatoms. The normalized spacial score (nSPS) is 18.9.